The van der Waals surface area contributed by atoms with E-state index in [9.17, 15) is 18.3 Å². The van der Waals surface area contributed by atoms with E-state index in [-0.39, 0.29) is 12.2 Å². The summed E-state index contributed by atoms with van der Waals surface area (Å²) < 4.78 is 39.6. The number of hydrogen-bond acceptors (Lipinski definition) is 2. The van der Waals surface area contributed by atoms with Crippen LogP contribution in [0.5, 0.6) is 5.75 Å². The van der Waals surface area contributed by atoms with Crippen LogP contribution in [0.1, 0.15) is 19.4 Å². The lowest BCUT2D eigenvalue weighted by Gasteiger charge is -2.17. The molecule has 2 nitrogen and oxygen atoms in total. The van der Waals surface area contributed by atoms with E-state index in [2.05, 4.69) is 4.74 Å². The second-order valence-corrected chi connectivity index (χ2v) is 4.18. The van der Waals surface area contributed by atoms with Crippen LogP contribution in [0, 0.1) is 0 Å². The molecule has 0 aliphatic carbocycles. The number of aliphatic hydroxyl groups is 1. The zero-order valence-corrected chi connectivity index (χ0v) is 9.01. The monoisotopic (exact) mass is 234 g/mol. The Kier molecular flexibility index (Phi) is 3.48. The molecule has 0 fully saturated rings. The number of ether oxygens (including phenoxy) is 1. The Morgan fingerprint density at radius 2 is 1.88 bits per heavy atom. The van der Waals surface area contributed by atoms with E-state index in [4.69, 9.17) is 0 Å². The summed E-state index contributed by atoms with van der Waals surface area (Å²) in [4.78, 5) is 0. The molecule has 1 aromatic rings. The van der Waals surface area contributed by atoms with Crippen LogP contribution in [0.2, 0.25) is 0 Å². The van der Waals surface area contributed by atoms with E-state index in [1.807, 2.05) is 0 Å². The summed E-state index contributed by atoms with van der Waals surface area (Å²) in [6.45, 7) is 3.18. The molecule has 0 unspecified atom stereocenters. The second-order valence-electron chi connectivity index (χ2n) is 4.18. The average molecular weight is 234 g/mol. The van der Waals surface area contributed by atoms with Crippen molar-refractivity contribution in [3.05, 3.63) is 29.8 Å². The molecule has 0 aliphatic rings. The summed E-state index contributed by atoms with van der Waals surface area (Å²) in [5, 5.41) is 9.53. The third-order valence-electron chi connectivity index (χ3n) is 1.77. The zero-order chi connectivity index (χ0) is 12.4. The molecule has 16 heavy (non-hydrogen) atoms. The Morgan fingerprint density at radius 3 is 2.38 bits per heavy atom. The fraction of sp³-hybridized carbons (Fsp3) is 0.455. The van der Waals surface area contributed by atoms with E-state index in [0.717, 1.165) is 0 Å². The van der Waals surface area contributed by atoms with Gasteiger partial charge in [0.1, 0.15) is 5.75 Å². The van der Waals surface area contributed by atoms with Crippen molar-refractivity contribution in [2.75, 3.05) is 0 Å². The molecule has 0 saturated heterocycles. The number of halogens is 3. The van der Waals surface area contributed by atoms with E-state index in [0.29, 0.717) is 5.56 Å². The van der Waals surface area contributed by atoms with Crippen LogP contribution >= 0.6 is 0 Å². The van der Waals surface area contributed by atoms with Gasteiger partial charge in [0.15, 0.2) is 0 Å². The molecule has 0 bridgehead atoms. The Labute approximate surface area is 91.7 Å². The highest BCUT2D eigenvalue weighted by atomic mass is 19.4. The van der Waals surface area contributed by atoms with Crippen LogP contribution < -0.4 is 4.74 Å². The first-order chi connectivity index (χ1) is 7.16. The molecule has 90 valence electrons. The van der Waals surface area contributed by atoms with Gasteiger partial charge in [0.25, 0.3) is 0 Å². The van der Waals surface area contributed by atoms with E-state index in [1.165, 1.54) is 18.2 Å². The minimum atomic E-state index is -4.69. The van der Waals surface area contributed by atoms with Gasteiger partial charge in [0.2, 0.25) is 0 Å². The molecule has 0 radical (unpaired) electrons. The van der Waals surface area contributed by atoms with Crippen molar-refractivity contribution < 1.29 is 23.0 Å². The second kappa shape index (κ2) is 4.33. The van der Waals surface area contributed by atoms with E-state index in [1.54, 1.807) is 19.9 Å². The maximum atomic E-state index is 11.9. The highest BCUT2D eigenvalue weighted by Gasteiger charge is 2.31. The molecular weight excluding hydrogens is 221 g/mol. The summed E-state index contributed by atoms with van der Waals surface area (Å²) in [5.41, 5.74) is -0.370. The van der Waals surface area contributed by atoms with Gasteiger partial charge in [0, 0.05) is 6.42 Å². The summed E-state index contributed by atoms with van der Waals surface area (Å²) in [6, 6.07) is 5.59. The van der Waals surface area contributed by atoms with Gasteiger partial charge in [-0.15, -0.1) is 13.2 Å². The summed E-state index contributed by atoms with van der Waals surface area (Å²) in [6.07, 6.45) is -4.42. The van der Waals surface area contributed by atoms with Crippen LogP contribution in [-0.2, 0) is 6.42 Å². The van der Waals surface area contributed by atoms with Crippen LogP contribution in [0.3, 0.4) is 0 Å². The van der Waals surface area contributed by atoms with Gasteiger partial charge in [-0.05, 0) is 31.5 Å². The third kappa shape index (κ3) is 5.02. The Balaban J connectivity index is 2.79. The smallest absolute Gasteiger partial charge is 0.406 e. The predicted octanol–water partition coefficient (Wildman–Crippen LogP) is 2.90. The third-order valence-corrected chi connectivity index (χ3v) is 1.77. The highest BCUT2D eigenvalue weighted by molar-refractivity contribution is 5.29. The molecule has 0 saturated carbocycles. The average Bonchev–Trinajstić information content (AvgIpc) is 1.96. The molecule has 1 N–H and O–H groups in total. The van der Waals surface area contributed by atoms with Gasteiger partial charge in [0.05, 0.1) is 5.60 Å². The standard InChI is InChI=1S/C11H13F3O2/c1-10(2,15)7-8-4-3-5-9(6-8)16-11(12,13)14/h3-6,15H,7H2,1-2H3. The van der Waals surface area contributed by atoms with Gasteiger partial charge >= 0.3 is 6.36 Å². The quantitative estimate of drug-likeness (QED) is 0.871. The van der Waals surface area contributed by atoms with Crippen molar-refractivity contribution in [3.63, 3.8) is 0 Å². The first-order valence-corrected chi connectivity index (χ1v) is 4.73. The summed E-state index contributed by atoms with van der Waals surface area (Å²) >= 11 is 0. The van der Waals surface area contributed by atoms with Crippen molar-refractivity contribution in [2.24, 2.45) is 0 Å². The Morgan fingerprint density at radius 1 is 1.25 bits per heavy atom. The van der Waals surface area contributed by atoms with Crippen LogP contribution in [0.4, 0.5) is 13.2 Å². The number of hydrogen-bond donors (Lipinski definition) is 1. The maximum absolute atomic E-state index is 11.9. The summed E-state index contributed by atoms with van der Waals surface area (Å²) in [7, 11) is 0. The van der Waals surface area contributed by atoms with Crippen LogP contribution in [-0.4, -0.2) is 17.1 Å². The first-order valence-electron chi connectivity index (χ1n) is 4.73. The molecule has 1 rings (SSSR count). The lowest BCUT2D eigenvalue weighted by molar-refractivity contribution is -0.274. The fourth-order valence-electron chi connectivity index (χ4n) is 1.35. The van der Waals surface area contributed by atoms with E-state index >= 15 is 0 Å². The maximum Gasteiger partial charge on any atom is 0.573 e. The lowest BCUT2D eigenvalue weighted by atomic mass is 9.99. The van der Waals surface area contributed by atoms with E-state index < -0.39 is 12.0 Å². The van der Waals surface area contributed by atoms with Crippen LogP contribution in [0.15, 0.2) is 24.3 Å². The van der Waals surface area contributed by atoms with Crippen molar-refractivity contribution in [1.29, 1.82) is 0 Å². The number of alkyl halides is 3. The largest absolute Gasteiger partial charge is 0.573 e. The van der Waals surface area contributed by atoms with Crippen molar-refractivity contribution in [2.45, 2.75) is 32.2 Å². The van der Waals surface area contributed by atoms with Crippen molar-refractivity contribution in [3.8, 4) is 5.75 Å². The molecule has 1 aromatic carbocycles. The van der Waals surface area contributed by atoms with Gasteiger partial charge in [-0.3, -0.25) is 0 Å². The first kappa shape index (κ1) is 12.8. The highest BCUT2D eigenvalue weighted by Crippen LogP contribution is 2.24. The van der Waals surface area contributed by atoms with Crippen LogP contribution in [0.25, 0.3) is 0 Å². The molecule has 0 heterocycles. The Bertz CT molecular complexity index is 322. The molecule has 0 spiro atoms. The van der Waals surface area contributed by atoms with Gasteiger partial charge in [-0.25, -0.2) is 0 Å². The molecule has 5 heteroatoms. The number of rotatable bonds is 3. The Hall–Kier alpha value is -1.23. The summed E-state index contributed by atoms with van der Waals surface area (Å²) in [5.74, 6) is -0.269. The fourth-order valence-corrected chi connectivity index (χ4v) is 1.35. The topological polar surface area (TPSA) is 29.5 Å². The van der Waals surface area contributed by atoms with Gasteiger partial charge in [-0.2, -0.15) is 0 Å². The molecule has 0 aliphatic heterocycles. The lowest BCUT2D eigenvalue weighted by Crippen LogP contribution is -2.22. The molecular formula is C11H13F3O2. The molecule has 0 amide bonds. The van der Waals surface area contributed by atoms with Crippen molar-refractivity contribution in [1.82, 2.24) is 0 Å². The normalized spacial score (nSPS) is 12.6. The molecule has 0 atom stereocenters. The minimum Gasteiger partial charge on any atom is -0.406 e. The van der Waals surface area contributed by atoms with Gasteiger partial charge < -0.3 is 9.84 Å². The van der Waals surface area contributed by atoms with Gasteiger partial charge in [-0.1, -0.05) is 12.1 Å². The number of benzene rings is 1. The van der Waals surface area contributed by atoms with Crippen molar-refractivity contribution >= 4 is 0 Å². The SMILES string of the molecule is CC(C)(O)Cc1cccc(OC(F)(F)F)c1. The zero-order valence-electron chi connectivity index (χ0n) is 9.01. The predicted molar refractivity (Wildman–Crippen MR) is 53.1 cm³/mol. The molecule has 0 aromatic heterocycles. The minimum absolute atomic E-state index is 0.266.